The highest BCUT2D eigenvalue weighted by molar-refractivity contribution is 5.63. The second-order valence-corrected chi connectivity index (χ2v) is 9.05. The molecule has 0 saturated carbocycles. The van der Waals surface area contributed by atoms with E-state index in [9.17, 15) is 5.11 Å². The standard InChI is InChI=1S/C25H28N8O/c1-15-21(12-25(5,6)34)17(3)33(30-15)23-11-22(27-14-28-23)29-24-16(2)31-32(18(24)4)20-9-7-19(13-26)8-10-20/h7-11,14,34H,12H2,1-6H3,(H,27,28,29). The summed E-state index contributed by atoms with van der Waals surface area (Å²) in [5.74, 6) is 1.25. The lowest BCUT2D eigenvalue weighted by atomic mass is 9.97. The van der Waals surface area contributed by atoms with Crippen LogP contribution in [0.4, 0.5) is 11.5 Å². The van der Waals surface area contributed by atoms with Gasteiger partial charge in [-0.05, 0) is 71.4 Å². The fourth-order valence-electron chi connectivity index (χ4n) is 4.00. The van der Waals surface area contributed by atoms with E-state index in [0.29, 0.717) is 23.6 Å². The number of aromatic nitrogens is 6. The summed E-state index contributed by atoms with van der Waals surface area (Å²) in [6, 6.07) is 11.3. The molecule has 0 aliphatic heterocycles. The number of anilines is 2. The molecular weight excluding hydrogens is 428 g/mol. The Labute approximate surface area is 198 Å². The minimum absolute atomic E-state index is 0.508. The number of aliphatic hydroxyl groups is 1. The summed E-state index contributed by atoms with van der Waals surface area (Å²) in [6.45, 7) is 11.4. The Balaban J connectivity index is 1.65. The second-order valence-electron chi connectivity index (χ2n) is 9.05. The minimum Gasteiger partial charge on any atom is -0.390 e. The van der Waals surface area contributed by atoms with Crippen LogP contribution in [0.2, 0.25) is 0 Å². The molecule has 0 amide bonds. The predicted molar refractivity (Wildman–Crippen MR) is 130 cm³/mol. The lowest BCUT2D eigenvalue weighted by Crippen LogP contribution is -2.22. The fraction of sp³-hybridized carbons (Fsp3) is 0.320. The third kappa shape index (κ3) is 4.54. The molecule has 4 rings (SSSR count). The molecule has 0 aliphatic carbocycles. The van der Waals surface area contributed by atoms with Gasteiger partial charge in [-0.1, -0.05) is 0 Å². The van der Waals surface area contributed by atoms with E-state index in [1.807, 2.05) is 50.6 Å². The molecule has 9 nitrogen and oxygen atoms in total. The van der Waals surface area contributed by atoms with Crippen LogP contribution in [0.3, 0.4) is 0 Å². The molecule has 2 N–H and O–H groups in total. The maximum atomic E-state index is 10.3. The van der Waals surface area contributed by atoms with Crippen LogP contribution in [0.1, 0.15) is 47.8 Å². The van der Waals surface area contributed by atoms with E-state index in [4.69, 9.17) is 5.26 Å². The average molecular weight is 457 g/mol. The topological polar surface area (TPSA) is 117 Å². The van der Waals surface area contributed by atoms with Gasteiger partial charge in [0.15, 0.2) is 5.82 Å². The molecule has 0 spiro atoms. The zero-order chi connectivity index (χ0) is 24.6. The molecule has 3 heterocycles. The van der Waals surface area contributed by atoms with E-state index < -0.39 is 5.60 Å². The molecule has 0 fully saturated rings. The maximum absolute atomic E-state index is 10.3. The Bertz CT molecular complexity index is 1380. The van der Waals surface area contributed by atoms with Crippen molar-refractivity contribution in [2.45, 2.75) is 53.6 Å². The number of benzene rings is 1. The van der Waals surface area contributed by atoms with Crippen molar-refractivity contribution in [1.82, 2.24) is 29.5 Å². The Morgan fingerprint density at radius 3 is 2.29 bits per heavy atom. The number of nitriles is 1. The van der Waals surface area contributed by atoms with E-state index in [-0.39, 0.29) is 0 Å². The Kier molecular flexibility index (Phi) is 5.94. The van der Waals surface area contributed by atoms with Crippen molar-refractivity contribution in [1.29, 1.82) is 5.26 Å². The van der Waals surface area contributed by atoms with Crippen LogP contribution in [-0.4, -0.2) is 40.2 Å². The maximum Gasteiger partial charge on any atom is 0.159 e. The van der Waals surface area contributed by atoms with Gasteiger partial charge in [0.2, 0.25) is 0 Å². The molecule has 0 bridgehead atoms. The van der Waals surface area contributed by atoms with Gasteiger partial charge in [0.25, 0.3) is 0 Å². The van der Waals surface area contributed by atoms with Crippen LogP contribution >= 0.6 is 0 Å². The number of hydrogen-bond donors (Lipinski definition) is 2. The molecule has 0 atom stereocenters. The molecule has 34 heavy (non-hydrogen) atoms. The molecule has 9 heteroatoms. The number of nitrogens with zero attached hydrogens (tertiary/aromatic N) is 7. The number of aryl methyl sites for hydroxylation is 2. The molecule has 3 aromatic heterocycles. The molecule has 174 valence electrons. The van der Waals surface area contributed by atoms with Gasteiger partial charge in [0.05, 0.1) is 45.7 Å². The SMILES string of the molecule is Cc1nn(-c2cc(Nc3c(C)nn(-c4ccc(C#N)cc4)c3C)ncn2)c(C)c1CC(C)(C)O. The van der Waals surface area contributed by atoms with Crippen molar-refractivity contribution in [2.75, 3.05) is 5.32 Å². The molecule has 4 aromatic rings. The Hall–Kier alpha value is -4.03. The monoisotopic (exact) mass is 456 g/mol. The number of nitrogens with one attached hydrogen (secondary N) is 1. The van der Waals surface area contributed by atoms with Crippen LogP contribution in [0, 0.1) is 39.0 Å². The summed E-state index contributed by atoms with van der Waals surface area (Å²) in [5, 5.41) is 32.0. The van der Waals surface area contributed by atoms with E-state index in [1.54, 1.807) is 30.7 Å². The molecule has 1 aromatic carbocycles. The highest BCUT2D eigenvalue weighted by Crippen LogP contribution is 2.27. The second kappa shape index (κ2) is 8.72. The molecule has 0 saturated heterocycles. The predicted octanol–water partition coefficient (Wildman–Crippen LogP) is 4.01. The van der Waals surface area contributed by atoms with Crippen molar-refractivity contribution in [3.05, 3.63) is 70.6 Å². The number of rotatable bonds is 6. The van der Waals surface area contributed by atoms with Crippen molar-refractivity contribution in [3.63, 3.8) is 0 Å². The normalized spacial score (nSPS) is 11.5. The van der Waals surface area contributed by atoms with Crippen molar-refractivity contribution < 1.29 is 5.11 Å². The minimum atomic E-state index is -0.827. The van der Waals surface area contributed by atoms with Gasteiger partial charge in [-0.2, -0.15) is 15.5 Å². The molecular formula is C25H28N8O. The quantitative estimate of drug-likeness (QED) is 0.450. The Morgan fingerprint density at radius 1 is 0.971 bits per heavy atom. The van der Waals surface area contributed by atoms with Crippen molar-refractivity contribution >= 4 is 11.5 Å². The zero-order valence-corrected chi connectivity index (χ0v) is 20.2. The van der Waals surface area contributed by atoms with E-state index in [1.165, 1.54) is 6.33 Å². The van der Waals surface area contributed by atoms with Crippen LogP contribution in [0.25, 0.3) is 11.5 Å². The number of hydrogen-bond acceptors (Lipinski definition) is 7. The lowest BCUT2D eigenvalue weighted by molar-refractivity contribution is 0.0806. The molecule has 0 aliphatic rings. The Morgan fingerprint density at radius 2 is 1.65 bits per heavy atom. The highest BCUT2D eigenvalue weighted by atomic mass is 16.3. The van der Waals surface area contributed by atoms with Crippen LogP contribution in [-0.2, 0) is 6.42 Å². The summed E-state index contributed by atoms with van der Waals surface area (Å²) in [5.41, 5.74) is 6.05. The fourth-order valence-corrected chi connectivity index (χ4v) is 4.00. The zero-order valence-electron chi connectivity index (χ0n) is 20.2. The van der Waals surface area contributed by atoms with Crippen molar-refractivity contribution in [2.24, 2.45) is 0 Å². The van der Waals surface area contributed by atoms with Crippen molar-refractivity contribution in [3.8, 4) is 17.6 Å². The van der Waals surface area contributed by atoms with Crippen LogP contribution < -0.4 is 5.32 Å². The van der Waals surface area contributed by atoms with Gasteiger partial charge in [0.1, 0.15) is 12.1 Å². The third-order valence-electron chi connectivity index (χ3n) is 5.71. The summed E-state index contributed by atoms with van der Waals surface area (Å²) in [6.07, 6.45) is 2.01. The first-order chi connectivity index (χ1) is 16.1. The van der Waals surface area contributed by atoms with Gasteiger partial charge in [0, 0.05) is 18.2 Å². The van der Waals surface area contributed by atoms with Gasteiger partial charge >= 0.3 is 0 Å². The average Bonchev–Trinajstić information content (AvgIpc) is 3.23. The largest absolute Gasteiger partial charge is 0.390 e. The van der Waals surface area contributed by atoms with Gasteiger partial charge in [-0.25, -0.2) is 19.3 Å². The van der Waals surface area contributed by atoms with Gasteiger partial charge in [-0.15, -0.1) is 0 Å². The highest BCUT2D eigenvalue weighted by Gasteiger charge is 2.21. The van der Waals surface area contributed by atoms with Crippen LogP contribution in [0.15, 0.2) is 36.7 Å². The van der Waals surface area contributed by atoms with E-state index >= 15 is 0 Å². The van der Waals surface area contributed by atoms with Crippen LogP contribution in [0.5, 0.6) is 0 Å². The van der Waals surface area contributed by atoms with Gasteiger partial charge in [-0.3, -0.25) is 0 Å². The molecule has 0 radical (unpaired) electrons. The smallest absolute Gasteiger partial charge is 0.159 e. The van der Waals surface area contributed by atoms with E-state index in [2.05, 4.69) is 31.6 Å². The summed E-state index contributed by atoms with van der Waals surface area (Å²) >= 11 is 0. The third-order valence-corrected chi connectivity index (χ3v) is 5.71. The first kappa shape index (κ1) is 23.1. The molecule has 0 unspecified atom stereocenters. The first-order valence-electron chi connectivity index (χ1n) is 11.0. The van der Waals surface area contributed by atoms with Gasteiger partial charge < -0.3 is 10.4 Å². The summed E-state index contributed by atoms with van der Waals surface area (Å²) in [7, 11) is 0. The van der Waals surface area contributed by atoms with E-state index in [0.717, 1.165) is 39.7 Å². The first-order valence-corrected chi connectivity index (χ1v) is 11.0. The lowest BCUT2D eigenvalue weighted by Gasteiger charge is -2.17. The summed E-state index contributed by atoms with van der Waals surface area (Å²) in [4.78, 5) is 8.81. The summed E-state index contributed by atoms with van der Waals surface area (Å²) < 4.78 is 3.62.